The molecule has 1 spiro atoms. The van der Waals surface area contributed by atoms with Gasteiger partial charge in [0.25, 0.3) is 0 Å². The van der Waals surface area contributed by atoms with Gasteiger partial charge in [-0.05, 0) is 18.4 Å². The smallest absolute Gasteiger partial charge is 0.246 e. The van der Waals surface area contributed by atoms with Crippen LogP contribution in [-0.2, 0) is 16.0 Å². The fraction of sp³-hybridized carbons (Fsp3) is 0.533. The third-order valence-electron chi connectivity index (χ3n) is 4.56. The van der Waals surface area contributed by atoms with Crippen molar-refractivity contribution in [2.24, 2.45) is 0 Å². The maximum absolute atomic E-state index is 11.7. The minimum atomic E-state index is -0.173. The largest absolute Gasteiger partial charge is 0.372 e. The van der Waals surface area contributed by atoms with Crippen LogP contribution < -0.4 is 10.2 Å². The summed E-state index contributed by atoms with van der Waals surface area (Å²) in [5.74, 6) is 0.925. The van der Waals surface area contributed by atoms with Crippen molar-refractivity contribution in [1.82, 2.24) is 20.3 Å². The first-order valence-corrected chi connectivity index (χ1v) is 7.65. The molecule has 7 nitrogen and oxygen atoms in total. The number of anilines is 1. The van der Waals surface area contributed by atoms with Gasteiger partial charge in [-0.15, -0.1) is 0 Å². The van der Waals surface area contributed by atoms with E-state index in [-0.39, 0.29) is 18.1 Å². The molecule has 0 aliphatic carbocycles. The summed E-state index contributed by atoms with van der Waals surface area (Å²) in [7, 11) is 0. The van der Waals surface area contributed by atoms with Crippen LogP contribution in [-0.4, -0.2) is 52.7 Å². The fourth-order valence-corrected chi connectivity index (χ4v) is 3.43. The molecule has 2 aromatic rings. The molecule has 2 N–H and O–H groups in total. The number of carbonyl (C=O) groups excluding carboxylic acids is 1. The molecule has 0 aromatic carbocycles. The maximum atomic E-state index is 11.7. The van der Waals surface area contributed by atoms with Gasteiger partial charge in [-0.2, -0.15) is 0 Å². The normalized spacial score (nSPS) is 20.8. The van der Waals surface area contributed by atoms with Gasteiger partial charge in [-0.25, -0.2) is 9.97 Å². The molecule has 0 atom stereocenters. The van der Waals surface area contributed by atoms with Crippen LogP contribution in [0.15, 0.2) is 12.5 Å². The van der Waals surface area contributed by atoms with Crippen LogP contribution in [0.25, 0.3) is 11.0 Å². The van der Waals surface area contributed by atoms with Crippen molar-refractivity contribution in [3.05, 3.63) is 18.1 Å². The summed E-state index contributed by atoms with van der Waals surface area (Å²) >= 11 is 0. The Bertz CT molecular complexity index is 720. The van der Waals surface area contributed by atoms with Gasteiger partial charge < -0.3 is 19.9 Å². The summed E-state index contributed by atoms with van der Waals surface area (Å²) in [6.07, 6.45) is 5.37. The molecule has 116 valence electrons. The Kier molecular flexibility index (Phi) is 3.04. The lowest BCUT2D eigenvalue weighted by atomic mass is 9.86. The van der Waals surface area contributed by atoms with E-state index >= 15 is 0 Å². The van der Waals surface area contributed by atoms with E-state index in [0.717, 1.165) is 42.8 Å². The Hall–Kier alpha value is -2.15. The van der Waals surface area contributed by atoms with Crippen molar-refractivity contribution in [2.45, 2.75) is 25.3 Å². The number of ether oxygens (including phenoxy) is 1. The zero-order valence-corrected chi connectivity index (χ0v) is 12.6. The predicted molar refractivity (Wildman–Crippen MR) is 81.8 cm³/mol. The molecule has 2 aliphatic heterocycles. The molecule has 2 saturated heterocycles. The second-order valence-electron chi connectivity index (χ2n) is 6.08. The summed E-state index contributed by atoms with van der Waals surface area (Å²) < 4.78 is 5.31. The summed E-state index contributed by atoms with van der Waals surface area (Å²) in [6, 6.07) is 0. The zero-order chi connectivity index (χ0) is 15.2. The van der Waals surface area contributed by atoms with Crippen LogP contribution >= 0.6 is 0 Å². The Morgan fingerprint density at radius 3 is 3.09 bits per heavy atom. The highest BCUT2D eigenvalue weighted by Crippen LogP contribution is 2.34. The molecule has 2 aromatic heterocycles. The van der Waals surface area contributed by atoms with Crippen molar-refractivity contribution in [3.8, 4) is 0 Å². The van der Waals surface area contributed by atoms with E-state index in [1.807, 2.05) is 6.20 Å². The Morgan fingerprint density at radius 1 is 1.41 bits per heavy atom. The summed E-state index contributed by atoms with van der Waals surface area (Å²) in [5.41, 5.74) is 1.92. The number of aromatic nitrogens is 3. The van der Waals surface area contributed by atoms with Crippen LogP contribution in [0, 0.1) is 0 Å². The van der Waals surface area contributed by atoms with Gasteiger partial charge in [0.15, 0.2) is 0 Å². The fourth-order valence-electron chi connectivity index (χ4n) is 3.43. The van der Waals surface area contributed by atoms with Gasteiger partial charge in [0.05, 0.1) is 10.9 Å². The molecule has 7 heteroatoms. The number of aromatic amines is 1. The second-order valence-corrected chi connectivity index (χ2v) is 6.08. The molecule has 2 aliphatic rings. The number of H-pyrrole nitrogens is 1. The number of hydrogen-bond acceptors (Lipinski definition) is 5. The quantitative estimate of drug-likeness (QED) is 0.849. The first-order chi connectivity index (χ1) is 10.7. The minimum absolute atomic E-state index is 0.0270. The SMILES string of the molecule is CCc1c[nH]c2ncnc(N3CC4(CCOCC(=O)N4)C3)c12. The number of amides is 1. The molecule has 0 saturated carbocycles. The van der Waals surface area contributed by atoms with Gasteiger partial charge in [0.2, 0.25) is 5.91 Å². The molecule has 2 fully saturated rings. The van der Waals surface area contributed by atoms with E-state index in [1.165, 1.54) is 5.56 Å². The lowest BCUT2D eigenvalue weighted by Crippen LogP contribution is -2.70. The Balaban J connectivity index is 1.62. The monoisotopic (exact) mass is 301 g/mol. The molecule has 1 amide bonds. The highest BCUT2D eigenvalue weighted by atomic mass is 16.5. The van der Waals surface area contributed by atoms with Crippen LogP contribution in [0.4, 0.5) is 5.82 Å². The van der Waals surface area contributed by atoms with Crippen LogP contribution in [0.1, 0.15) is 18.9 Å². The van der Waals surface area contributed by atoms with Crippen molar-refractivity contribution < 1.29 is 9.53 Å². The van der Waals surface area contributed by atoms with Gasteiger partial charge in [-0.3, -0.25) is 4.79 Å². The summed E-state index contributed by atoms with van der Waals surface area (Å²) in [5, 5.41) is 4.20. The van der Waals surface area contributed by atoms with Gasteiger partial charge >= 0.3 is 0 Å². The highest BCUT2D eigenvalue weighted by molar-refractivity contribution is 5.91. The van der Waals surface area contributed by atoms with Crippen molar-refractivity contribution in [2.75, 3.05) is 31.2 Å². The standard InChI is InChI=1S/C15H19N5O2/c1-2-10-5-16-13-12(10)14(18-9-17-13)20-7-15(8-20)3-4-22-6-11(21)19-15/h5,9H,2-4,6-8H2,1H3,(H,19,21)(H,16,17,18). The predicted octanol–water partition coefficient (Wildman–Crippen LogP) is 0.616. The first kappa shape index (κ1) is 13.5. The third-order valence-corrected chi connectivity index (χ3v) is 4.56. The number of nitrogens with zero attached hydrogens (tertiary/aromatic N) is 3. The van der Waals surface area contributed by atoms with E-state index in [4.69, 9.17) is 4.74 Å². The first-order valence-electron chi connectivity index (χ1n) is 7.65. The number of fused-ring (bicyclic) bond motifs is 1. The highest BCUT2D eigenvalue weighted by Gasteiger charge is 2.46. The number of hydrogen-bond donors (Lipinski definition) is 2. The second kappa shape index (κ2) is 4.95. The van der Waals surface area contributed by atoms with E-state index in [9.17, 15) is 4.79 Å². The van der Waals surface area contributed by atoms with Crippen LogP contribution in [0.2, 0.25) is 0 Å². The van der Waals surface area contributed by atoms with E-state index in [2.05, 4.69) is 32.1 Å². The third kappa shape index (κ3) is 2.04. The lowest BCUT2D eigenvalue weighted by Gasteiger charge is -2.50. The van der Waals surface area contributed by atoms with Gasteiger partial charge in [0.1, 0.15) is 24.4 Å². The summed E-state index contributed by atoms with van der Waals surface area (Å²) in [6.45, 7) is 4.44. The van der Waals surface area contributed by atoms with E-state index < -0.39 is 0 Å². The van der Waals surface area contributed by atoms with Crippen molar-refractivity contribution in [3.63, 3.8) is 0 Å². The van der Waals surface area contributed by atoms with E-state index in [1.54, 1.807) is 6.33 Å². The molecule has 22 heavy (non-hydrogen) atoms. The molecule has 4 heterocycles. The number of carbonyl (C=O) groups is 1. The number of rotatable bonds is 2. The molecule has 4 rings (SSSR count). The lowest BCUT2D eigenvalue weighted by molar-refractivity contribution is -0.125. The molecule has 0 bridgehead atoms. The van der Waals surface area contributed by atoms with Crippen molar-refractivity contribution >= 4 is 22.8 Å². The Labute approximate surface area is 128 Å². The topological polar surface area (TPSA) is 83.1 Å². The van der Waals surface area contributed by atoms with Gasteiger partial charge in [-0.1, -0.05) is 6.92 Å². The number of nitrogens with one attached hydrogen (secondary N) is 2. The van der Waals surface area contributed by atoms with E-state index in [0.29, 0.717) is 6.61 Å². The minimum Gasteiger partial charge on any atom is -0.372 e. The molecule has 0 unspecified atom stereocenters. The molecular weight excluding hydrogens is 282 g/mol. The van der Waals surface area contributed by atoms with Crippen LogP contribution in [0.3, 0.4) is 0 Å². The van der Waals surface area contributed by atoms with Gasteiger partial charge in [0, 0.05) is 25.9 Å². The summed E-state index contributed by atoms with van der Waals surface area (Å²) in [4.78, 5) is 25.9. The molecular formula is C15H19N5O2. The average molecular weight is 301 g/mol. The number of aryl methyl sites for hydroxylation is 1. The molecule has 0 radical (unpaired) electrons. The maximum Gasteiger partial charge on any atom is 0.246 e. The average Bonchev–Trinajstić information content (AvgIpc) is 2.81. The van der Waals surface area contributed by atoms with Crippen molar-refractivity contribution in [1.29, 1.82) is 0 Å². The Morgan fingerprint density at radius 2 is 2.27 bits per heavy atom. The van der Waals surface area contributed by atoms with Crippen LogP contribution in [0.5, 0.6) is 0 Å². The zero-order valence-electron chi connectivity index (χ0n) is 12.6.